The van der Waals surface area contributed by atoms with Gasteiger partial charge in [-0.15, -0.1) is 34.2 Å². The summed E-state index contributed by atoms with van der Waals surface area (Å²) < 4.78 is 20.7. The quantitative estimate of drug-likeness (QED) is 0.158. The van der Waals surface area contributed by atoms with Gasteiger partial charge in [0.05, 0.1) is 0 Å². The maximum Gasteiger partial charge on any atom is 0.191 e. The van der Waals surface area contributed by atoms with E-state index >= 15 is 0 Å². The van der Waals surface area contributed by atoms with Crippen LogP contribution in [0.25, 0.3) is 10.9 Å². The van der Waals surface area contributed by atoms with Gasteiger partial charge < -0.3 is 24.9 Å². The fourth-order valence-corrected chi connectivity index (χ4v) is 3.12. The number of aromatic amines is 1. The molecule has 8 nitrogen and oxygen atoms in total. The standard InChI is InChI=1S/C21H30FN7O.HI/c1-4-30-11-5-9-23-21(26-14-20-28-27-15(2)29(20)3)24-10-8-16-13-25-19-12-17(22)6-7-18(16)19;/h6-7,12-13,25H,4-5,8-11,14H2,1-3H3,(H2,23,24,26);1H. The summed E-state index contributed by atoms with van der Waals surface area (Å²) in [7, 11) is 1.93. The second-order valence-electron chi connectivity index (χ2n) is 7.05. The number of fused-ring (bicyclic) bond motifs is 1. The maximum atomic E-state index is 13.4. The monoisotopic (exact) mass is 543 g/mol. The Labute approximate surface area is 199 Å². The average molecular weight is 543 g/mol. The topological polar surface area (TPSA) is 92.2 Å². The Balaban J connectivity index is 0.00000341. The van der Waals surface area contributed by atoms with Crippen molar-refractivity contribution in [2.45, 2.75) is 33.2 Å². The van der Waals surface area contributed by atoms with Crippen molar-refractivity contribution in [3.05, 3.63) is 47.4 Å². The summed E-state index contributed by atoms with van der Waals surface area (Å²) in [5.41, 5.74) is 1.95. The van der Waals surface area contributed by atoms with E-state index in [4.69, 9.17) is 4.74 Å². The maximum absolute atomic E-state index is 13.4. The molecule has 31 heavy (non-hydrogen) atoms. The number of aryl methyl sites for hydroxylation is 1. The Hall–Kier alpha value is -2.21. The van der Waals surface area contributed by atoms with Gasteiger partial charge in [-0.25, -0.2) is 9.38 Å². The molecule has 0 unspecified atom stereocenters. The minimum atomic E-state index is -0.237. The highest BCUT2D eigenvalue weighted by atomic mass is 127. The third-order valence-electron chi connectivity index (χ3n) is 4.94. The van der Waals surface area contributed by atoms with E-state index in [1.54, 1.807) is 0 Å². The van der Waals surface area contributed by atoms with Gasteiger partial charge in [0.1, 0.15) is 18.2 Å². The van der Waals surface area contributed by atoms with Crippen LogP contribution < -0.4 is 10.6 Å². The molecule has 3 rings (SSSR count). The smallest absolute Gasteiger partial charge is 0.191 e. The highest BCUT2D eigenvalue weighted by Crippen LogP contribution is 2.19. The number of ether oxygens (including phenoxy) is 1. The first-order valence-corrected chi connectivity index (χ1v) is 10.3. The molecule has 10 heteroatoms. The van der Waals surface area contributed by atoms with Gasteiger partial charge in [0.2, 0.25) is 0 Å². The number of aliphatic imine (C=N–C) groups is 1. The van der Waals surface area contributed by atoms with E-state index in [2.05, 4.69) is 30.8 Å². The third kappa shape index (κ3) is 7.17. The van der Waals surface area contributed by atoms with Crippen LogP contribution >= 0.6 is 24.0 Å². The predicted molar refractivity (Wildman–Crippen MR) is 131 cm³/mol. The lowest BCUT2D eigenvalue weighted by atomic mass is 10.1. The van der Waals surface area contributed by atoms with Crippen LogP contribution in [0.1, 0.15) is 30.6 Å². The summed E-state index contributed by atoms with van der Waals surface area (Å²) in [6.07, 6.45) is 3.61. The Morgan fingerprint density at radius 3 is 2.81 bits per heavy atom. The number of benzene rings is 1. The minimum Gasteiger partial charge on any atom is -0.382 e. The zero-order valence-electron chi connectivity index (χ0n) is 18.2. The van der Waals surface area contributed by atoms with Gasteiger partial charge in [0, 0.05) is 50.5 Å². The third-order valence-corrected chi connectivity index (χ3v) is 4.94. The van der Waals surface area contributed by atoms with Gasteiger partial charge >= 0.3 is 0 Å². The highest BCUT2D eigenvalue weighted by molar-refractivity contribution is 14.0. The number of halogens is 2. The van der Waals surface area contributed by atoms with Gasteiger partial charge in [0.15, 0.2) is 11.8 Å². The first-order valence-electron chi connectivity index (χ1n) is 10.3. The molecule has 0 saturated heterocycles. The van der Waals surface area contributed by atoms with Gasteiger partial charge in [-0.1, -0.05) is 0 Å². The molecule has 0 bridgehead atoms. The van der Waals surface area contributed by atoms with E-state index in [0.29, 0.717) is 19.7 Å². The Kier molecular flexibility index (Phi) is 10.2. The Bertz CT molecular complexity index is 985. The summed E-state index contributed by atoms with van der Waals surface area (Å²) in [4.78, 5) is 7.78. The number of rotatable bonds is 10. The lowest BCUT2D eigenvalue weighted by molar-refractivity contribution is 0.145. The number of H-pyrrole nitrogens is 1. The molecule has 3 aromatic rings. The molecule has 0 spiro atoms. The predicted octanol–water partition coefficient (Wildman–Crippen LogP) is 3.07. The van der Waals surface area contributed by atoms with Crippen molar-refractivity contribution in [2.75, 3.05) is 26.3 Å². The second kappa shape index (κ2) is 12.6. The number of guanidine groups is 1. The van der Waals surface area contributed by atoms with Crippen molar-refractivity contribution in [1.29, 1.82) is 0 Å². The number of nitrogens with zero attached hydrogens (tertiary/aromatic N) is 4. The van der Waals surface area contributed by atoms with E-state index in [-0.39, 0.29) is 29.8 Å². The molecule has 0 aliphatic heterocycles. The number of hydrogen-bond donors (Lipinski definition) is 3. The van der Waals surface area contributed by atoms with Crippen LogP contribution in [-0.4, -0.2) is 52.0 Å². The van der Waals surface area contributed by atoms with Crippen LogP contribution in [0, 0.1) is 12.7 Å². The molecular formula is C21H31FIN7O. The molecular weight excluding hydrogens is 512 g/mol. The van der Waals surface area contributed by atoms with Crippen LogP contribution in [0.15, 0.2) is 29.4 Å². The van der Waals surface area contributed by atoms with Crippen LogP contribution in [-0.2, 0) is 24.8 Å². The largest absolute Gasteiger partial charge is 0.382 e. The molecule has 0 atom stereocenters. The van der Waals surface area contributed by atoms with Crippen molar-refractivity contribution in [3.63, 3.8) is 0 Å². The first kappa shape index (κ1) is 25.1. The summed E-state index contributed by atoms with van der Waals surface area (Å²) in [5, 5.41) is 16.0. The van der Waals surface area contributed by atoms with Crippen LogP contribution in [0.2, 0.25) is 0 Å². The Morgan fingerprint density at radius 2 is 2.06 bits per heavy atom. The summed E-state index contributed by atoms with van der Waals surface area (Å²) in [6, 6.07) is 4.82. The van der Waals surface area contributed by atoms with Crippen LogP contribution in [0.4, 0.5) is 4.39 Å². The molecule has 0 aliphatic rings. The average Bonchev–Trinajstić information content (AvgIpc) is 3.28. The molecule has 0 fully saturated rings. The molecule has 0 radical (unpaired) electrons. The second-order valence-corrected chi connectivity index (χ2v) is 7.05. The van der Waals surface area contributed by atoms with E-state index in [0.717, 1.165) is 60.1 Å². The first-order chi connectivity index (χ1) is 14.6. The van der Waals surface area contributed by atoms with E-state index < -0.39 is 0 Å². The fraction of sp³-hybridized carbons (Fsp3) is 0.476. The summed E-state index contributed by atoms with van der Waals surface area (Å²) in [6.45, 7) is 7.23. The summed E-state index contributed by atoms with van der Waals surface area (Å²) >= 11 is 0. The van der Waals surface area contributed by atoms with Crippen molar-refractivity contribution < 1.29 is 9.13 Å². The van der Waals surface area contributed by atoms with Crippen molar-refractivity contribution >= 4 is 40.8 Å². The molecule has 0 amide bonds. The molecule has 1 aromatic carbocycles. The molecule has 0 aliphatic carbocycles. The lowest BCUT2D eigenvalue weighted by Crippen LogP contribution is -2.39. The van der Waals surface area contributed by atoms with E-state index in [1.165, 1.54) is 12.1 Å². The van der Waals surface area contributed by atoms with Crippen molar-refractivity contribution in [1.82, 2.24) is 30.4 Å². The normalized spacial score (nSPS) is 11.5. The number of aromatic nitrogens is 4. The molecule has 2 aromatic heterocycles. The van der Waals surface area contributed by atoms with Gasteiger partial charge in [-0.2, -0.15) is 0 Å². The lowest BCUT2D eigenvalue weighted by Gasteiger charge is -2.12. The van der Waals surface area contributed by atoms with Gasteiger partial charge in [-0.3, -0.25) is 0 Å². The van der Waals surface area contributed by atoms with E-state index in [9.17, 15) is 4.39 Å². The van der Waals surface area contributed by atoms with Crippen molar-refractivity contribution in [3.8, 4) is 0 Å². The Morgan fingerprint density at radius 1 is 1.26 bits per heavy atom. The molecule has 3 N–H and O–H groups in total. The zero-order valence-corrected chi connectivity index (χ0v) is 20.6. The minimum absolute atomic E-state index is 0. The van der Waals surface area contributed by atoms with Gasteiger partial charge in [0.25, 0.3) is 0 Å². The number of hydrogen-bond acceptors (Lipinski definition) is 4. The zero-order chi connectivity index (χ0) is 21.3. The molecule has 170 valence electrons. The van der Waals surface area contributed by atoms with Crippen LogP contribution in [0.5, 0.6) is 0 Å². The van der Waals surface area contributed by atoms with Crippen molar-refractivity contribution in [2.24, 2.45) is 12.0 Å². The molecule has 0 saturated carbocycles. The highest BCUT2D eigenvalue weighted by Gasteiger charge is 2.07. The fourth-order valence-electron chi connectivity index (χ4n) is 3.12. The van der Waals surface area contributed by atoms with Gasteiger partial charge in [-0.05, 0) is 50.5 Å². The molecule has 2 heterocycles. The summed E-state index contributed by atoms with van der Waals surface area (Å²) in [5.74, 6) is 2.15. The SMILES string of the molecule is CCOCCCNC(=NCc1nnc(C)n1C)NCCc1c[nH]c2cc(F)ccc12.I. The van der Waals surface area contributed by atoms with Crippen LogP contribution in [0.3, 0.4) is 0 Å². The van der Waals surface area contributed by atoms with E-state index in [1.807, 2.05) is 37.7 Å². The number of nitrogens with one attached hydrogen (secondary N) is 3.